The normalized spacial score (nSPS) is 24.5. The van der Waals surface area contributed by atoms with E-state index in [-0.39, 0.29) is 0 Å². The van der Waals surface area contributed by atoms with Crippen molar-refractivity contribution in [2.24, 2.45) is 13.0 Å². The zero-order valence-electron chi connectivity index (χ0n) is 13.7. The summed E-state index contributed by atoms with van der Waals surface area (Å²) in [6, 6.07) is 3.51. The van der Waals surface area contributed by atoms with E-state index in [2.05, 4.69) is 60.8 Å². The number of aryl methyl sites for hydroxylation is 2. The van der Waals surface area contributed by atoms with Gasteiger partial charge >= 0.3 is 0 Å². The molecule has 0 radical (unpaired) electrons. The van der Waals surface area contributed by atoms with Gasteiger partial charge in [-0.1, -0.05) is 27.7 Å². The molecule has 0 spiro atoms. The molecule has 1 N–H and O–H groups in total. The lowest BCUT2D eigenvalue weighted by Gasteiger charge is -2.41. The highest BCUT2D eigenvalue weighted by atomic mass is 15.3. The smallest absolute Gasteiger partial charge is 0.0625 e. The lowest BCUT2D eigenvalue weighted by molar-refractivity contribution is 0.101. The molecule has 4 nitrogen and oxygen atoms in total. The Morgan fingerprint density at radius 2 is 2.15 bits per heavy atom. The molecule has 1 aliphatic heterocycles. The summed E-state index contributed by atoms with van der Waals surface area (Å²) < 4.78 is 2.05. The fraction of sp³-hybridized carbons (Fsp3) is 0.812. The number of hydrogen-bond donors (Lipinski definition) is 1. The molecule has 1 aromatic heterocycles. The summed E-state index contributed by atoms with van der Waals surface area (Å²) in [5.74, 6) is 0.688. The average molecular weight is 278 g/mol. The lowest BCUT2D eigenvalue weighted by atomic mass is 9.98. The molecule has 0 saturated carbocycles. The molecule has 2 atom stereocenters. The van der Waals surface area contributed by atoms with Crippen LogP contribution in [-0.2, 0) is 20.0 Å². The fourth-order valence-corrected chi connectivity index (χ4v) is 3.03. The van der Waals surface area contributed by atoms with Crippen LogP contribution in [0.25, 0.3) is 0 Å². The zero-order chi connectivity index (χ0) is 14.7. The number of aromatic nitrogens is 2. The van der Waals surface area contributed by atoms with Gasteiger partial charge in [-0.15, -0.1) is 0 Å². The molecule has 1 aliphatic rings. The molecule has 4 heteroatoms. The molecule has 1 aromatic rings. The topological polar surface area (TPSA) is 33.1 Å². The van der Waals surface area contributed by atoms with Gasteiger partial charge in [0.05, 0.1) is 11.4 Å². The van der Waals surface area contributed by atoms with E-state index in [0.717, 1.165) is 26.1 Å². The summed E-state index contributed by atoms with van der Waals surface area (Å²) in [6.07, 6.45) is 2.22. The van der Waals surface area contributed by atoms with Gasteiger partial charge in [0.15, 0.2) is 0 Å². The van der Waals surface area contributed by atoms with Crippen molar-refractivity contribution in [1.82, 2.24) is 20.0 Å². The van der Waals surface area contributed by atoms with E-state index >= 15 is 0 Å². The summed E-state index contributed by atoms with van der Waals surface area (Å²) in [7, 11) is 2.07. The van der Waals surface area contributed by atoms with Crippen LogP contribution < -0.4 is 5.32 Å². The van der Waals surface area contributed by atoms with Gasteiger partial charge in [-0.05, 0) is 24.8 Å². The van der Waals surface area contributed by atoms with Crippen molar-refractivity contribution in [3.8, 4) is 0 Å². The standard InChI is InChI=1S/C16H30N4/c1-6-13-8-15(19(5)18-13)10-20-11-16(12(3)4)17-9-14(20)7-2/h8,12,14,16-17H,6-7,9-11H2,1-5H3. The van der Waals surface area contributed by atoms with Gasteiger partial charge in [0, 0.05) is 38.8 Å². The SMILES string of the molecule is CCc1cc(CN2CC(C(C)C)NCC2CC)n(C)n1. The van der Waals surface area contributed by atoms with E-state index in [1.165, 1.54) is 17.8 Å². The van der Waals surface area contributed by atoms with E-state index < -0.39 is 0 Å². The highest BCUT2D eigenvalue weighted by molar-refractivity contribution is 5.10. The van der Waals surface area contributed by atoms with Crippen molar-refractivity contribution < 1.29 is 0 Å². The molecule has 0 aliphatic carbocycles. The Bertz CT molecular complexity index is 424. The third kappa shape index (κ3) is 3.41. The molecule has 114 valence electrons. The van der Waals surface area contributed by atoms with Crippen LogP contribution in [-0.4, -0.2) is 39.9 Å². The molecule has 2 rings (SSSR count). The van der Waals surface area contributed by atoms with Crippen molar-refractivity contribution in [3.05, 3.63) is 17.5 Å². The molecule has 0 bridgehead atoms. The van der Waals surface area contributed by atoms with Crippen LogP contribution in [0, 0.1) is 5.92 Å². The quantitative estimate of drug-likeness (QED) is 0.896. The predicted octanol–water partition coefficient (Wildman–Crippen LogP) is 2.19. The maximum atomic E-state index is 4.57. The highest BCUT2D eigenvalue weighted by Crippen LogP contribution is 2.18. The van der Waals surface area contributed by atoms with Gasteiger partial charge < -0.3 is 5.32 Å². The van der Waals surface area contributed by atoms with E-state index in [9.17, 15) is 0 Å². The summed E-state index contributed by atoms with van der Waals surface area (Å²) in [5.41, 5.74) is 2.54. The van der Waals surface area contributed by atoms with Crippen molar-refractivity contribution >= 4 is 0 Å². The molecule has 2 heterocycles. The lowest BCUT2D eigenvalue weighted by Crippen LogP contribution is -2.57. The van der Waals surface area contributed by atoms with Gasteiger partial charge in [0.1, 0.15) is 0 Å². The molecule has 1 fully saturated rings. The van der Waals surface area contributed by atoms with Gasteiger partial charge in [0.2, 0.25) is 0 Å². The second-order valence-electron chi connectivity index (χ2n) is 6.35. The summed E-state index contributed by atoms with van der Waals surface area (Å²) >= 11 is 0. The maximum Gasteiger partial charge on any atom is 0.0625 e. The van der Waals surface area contributed by atoms with E-state index in [0.29, 0.717) is 18.0 Å². The minimum atomic E-state index is 0.608. The Labute approximate surface area is 123 Å². The van der Waals surface area contributed by atoms with Crippen LogP contribution in [0.3, 0.4) is 0 Å². The number of piperazine rings is 1. The largest absolute Gasteiger partial charge is 0.311 e. The van der Waals surface area contributed by atoms with Gasteiger partial charge in [-0.3, -0.25) is 9.58 Å². The first-order chi connectivity index (χ1) is 9.55. The van der Waals surface area contributed by atoms with E-state index in [4.69, 9.17) is 0 Å². The molecule has 0 aromatic carbocycles. The number of rotatable bonds is 5. The second kappa shape index (κ2) is 6.72. The highest BCUT2D eigenvalue weighted by Gasteiger charge is 2.28. The first-order valence-corrected chi connectivity index (χ1v) is 8.04. The minimum Gasteiger partial charge on any atom is -0.311 e. The molecular formula is C16H30N4. The van der Waals surface area contributed by atoms with Crippen molar-refractivity contribution in [2.45, 2.75) is 59.2 Å². The zero-order valence-corrected chi connectivity index (χ0v) is 13.7. The van der Waals surface area contributed by atoms with E-state index in [1.54, 1.807) is 0 Å². The van der Waals surface area contributed by atoms with Crippen LogP contribution >= 0.6 is 0 Å². The Kier molecular flexibility index (Phi) is 5.22. The number of nitrogens with one attached hydrogen (secondary N) is 1. The Morgan fingerprint density at radius 1 is 1.40 bits per heavy atom. The van der Waals surface area contributed by atoms with Crippen LogP contribution in [0.5, 0.6) is 0 Å². The minimum absolute atomic E-state index is 0.608. The van der Waals surface area contributed by atoms with Gasteiger partial charge in [-0.25, -0.2) is 0 Å². The van der Waals surface area contributed by atoms with Crippen molar-refractivity contribution in [2.75, 3.05) is 13.1 Å². The van der Waals surface area contributed by atoms with Crippen LogP contribution in [0.2, 0.25) is 0 Å². The summed E-state index contributed by atoms with van der Waals surface area (Å²) in [5, 5.41) is 8.28. The molecule has 2 unspecified atom stereocenters. The summed E-state index contributed by atoms with van der Waals surface area (Å²) in [4.78, 5) is 2.64. The number of nitrogens with zero attached hydrogens (tertiary/aromatic N) is 3. The Hall–Kier alpha value is -0.870. The van der Waals surface area contributed by atoms with E-state index in [1.807, 2.05) is 0 Å². The van der Waals surface area contributed by atoms with Crippen molar-refractivity contribution in [3.63, 3.8) is 0 Å². The van der Waals surface area contributed by atoms with Crippen LogP contribution in [0.15, 0.2) is 6.07 Å². The maximum absolute atomic E-state index is 4.57. The Morgan fingerprint density at radius 3 is 2.70 bits per heavy atom. The second-order valence-corrected chi connectivity index (χ2v) is 6.35. The average Bonchev–Trinajstić information content (AvgIpc) is 2.79. The molecule has 0 amide bonds. The third-order valence-corrected chi connectivity index (χ3v) is 4.59. The first kappa shape index (κ1) is 15.5. The molecular weight excluding hydrogens is 248 g/mol. The van der Waals surface area contributed by atoms with Gasteiger partial charge in [0.25, 0.3) is 0 Å². The van der Waals surface area contributed by atoms with Crippen LogP contribution in [0.1, 0.15) is 45.5 Å². The fourth-order valence-electron chi connectivity index (χ4n) is 3.03. The molecule has 20 heavy (non-hydrogen) atoms. The third-order valence-electron chi connectivity index (χ3n) is 4.59. The van der Waals surface area contributed by atoms with Crippen molar-refractivity contribution in [1.29, 1.82) is 0 Å². The molecule has 1 saturated heterocycles. The Balaban J connectivity index is 2.08. The predicted molar refractivity (Wildman–Crippen MR) is 83.7 cm³/mol. The number of hydrogen-bond acceptors (Lipinski definition) is 3. The van der Waals surface area contributed by atoms with Crippen LogP contribution in [0.4, 0.5) is 0 Å². The van der Waals surface area contributed by atoms with Gasteiger partial charge in [-0.2, -0.15) is 5.10 Å². The monoisotopic (exact) mass is 278 g/mol. The first-order valence-electron chi connectivity index (χ1n) is 8.04. The summed E-state index contributed by atoms with van der Waals surface area (Å²) in [6.45, 7) is 12.3.